The number of imide groups is 1. The first-order valence-corrected chi connectivity index (χ1v) is 5.83. The van der Waals surface area contributed by atoms with Gasteiger partial charge in [0.2, 0.25) is 11.8 Å². The van der Waals surface area contributed by atoms with Crippen LogP contribution in [-0.4, -0.2) is 28.4 Å². The predicted molar refractivity (Wildman–Crippen MR) is 65.2 cm³/mol. The number of halogens is 1. The monoisotopic (exact) mass is 261 g/mol. The highest BCUT2D eigenvalue weighted by Crippen LogP contribution is 2.18. The van der Waals surface area contributed by atoms with Crippen LogP contribution in [0.25, 0.3) is 0 Å². The molecular weight excluding hydrogens is 249 g/mol. The van der Waals surface area contributed by atoms with Crippen LogP contribution in [0.4, 0.5) is 4.39 Å². The Bertz CT molecular complexity index is 570. The van der Waals surface area contributed by atoms with Crippen LogP contribution in [0.1, 0.15) is 24.0 Å². The van der Waals surface area contributed by atoms with Crippen molar-refractivity contribution in [2.75, 3.05) is 6.61 Å². The molecule has 2 rings (SSSR count). The van der Waals surface area contributed by atoms with E-state index < -0.39 is 5.82 Å². The summed E-state index contributed by atoms with van der Waals surface area (Å²) < 4.78 is 13.2. The first kappa shape index (κ1) is 13.2. The molecule has 1 saturated heterocycles. The molecule has 1 aliphatic heterocycles. The van der Waals surface area contributed by atoms with E-state index in [4.69, 9.17) is 5.11 Å². The summed E-state index contributed by atoms with van der Waals surface area (Å²) in [5.41, 5.74) is 0.965. The average Bonchev–Trinajstić information content (AvgIpc) is 2.70. The Morgan fingerprint density at radius 2 is 1.95 bits per heavy atom. The van der Waals surface area contributed by atoms with Crippen molar-refractivity contribution >= 4 is 11.8 Å². The third-order valence-corrected chi connectivity index (χ3v) is 2.86. The summed E-state index contributed by atoms with van der Waals surface area (Å²) in [6, 6.07) is 3.98. The number of carbonyl (C=O) groups is 2. The predicted octanol–water partition coefficient (Wildman–Crippen LogP) is 0.819. The van der Waals surface area contributed by atoms with Gasteiger partial charge in [0, 0.05) is 18.4 Å². The Hall–Kier alpha value is -2.19. The van der Waals surface area contributed by atoms with Gasteiger partial charge < -0.3 is 5.11 Å². The van der Waals surface area contributed by atoms with Crippen molar-refractivity contribution < 1.29 is 19.1 Å². The minimum Gasteiger partial charge on any atom is -0.384 e. The second-order valence-electron chi connectivity index (χ2n) is 4.13. The van der Waals surface area contributed by atoms with Crippen molar-refractivity contribution in [1.82, 2.24) is 4.90 Å². The number of nitrogens with zero attached hydrogens (tertiary/aromatic N) is 1. The Labute approximate surface area is 109 Å². The van der Waals surface area contributed by atoms with E-state index in [0.717, 1.165) is 4.90 Å². The third kappa shape index (κ3) is 2.98. The first-order valence-electron chi connectivity index (χ1n) is 5.83. The van der Waals surface area contributed by atoms with Gasteiger partial charge in [-0.15, -0.1) is 0 Å². The molecule has 4 nitrogen and oxygen atoms in total. The van der Waals surface area contributed by atoms with Crippen molar-refractivity contribution in [2.24, 2.45) is 0 Å². The fourth-order valence-corrected chi connectivity index (χ4v) is 1.91. The van der Waals surface area contributed by atoms with Gasteiger partial charge in [0.1, 0.15) is 12.4 Å². The van der Waals surface area contributed by atoms with Gasteiger partial charge in [0.15, 0.2) is 0 Å². The van der Waals surface area contributed by atoms with Crippen LogP contribution in [0.5, 0.6) is 0 Å². The van der Waals surface area contributed by atoms with Gasteiger partial charge in [-0.25, -0.2) is 4.39 Å². The second-order valence-corrected chi connectivity index (χ2v) is 4.13. The lowest BCUT2D eigenvalue weighted by Gasteiger charge is -2.14. The summed E-state index contributed by atoms with van der Waals surface area (Å²) >= 11 is 0. The van der Waals surface area contributed by atoms with E-state index >= 15 is 0 Å². The fraction of sp³-hybridized carbons (Fsp3) is 0.286. The van der Waals surface area contributed by atoms with E-state index in [0.29, 0.717) is 11.1 Å². The summed E-state index contributed by atoms with van der Waals surface area (Å²) in [7, 11) is 0. The van der Waals surface area contributed by atoms with Gasteiger partial charge in [0.05, 0.1) is 6.54 Å². The summed E-state index contributed by atoms with van der Waals surface area (Å²) in [4.78, 5) is 24.2. The summed E-state index contributed by atoms with van der Waals surface area (Å²) in [6.07, 6.45) is 0.440. The molecule has 1 N–H and O–H groups in total. The van der Waals surface area contributed by atoms with Crippen LogP contribution < -0.4 is 0 Å². The lowest BCUT2D eigenvalue weighted by Crippen LogP contribution is -2.28. The molecule has 1 heterocycles. The lowest BCUT2D eigenvalue weighted by atomic mass is 10.1. The number of aliphatic hydroxyl groups is 1. The van der Waals surface area contributed by atoms with Gasteiger partial charge in [-0.2, -0.15) is 0 Å². The van der Waals surface area contributed by atoms with E-state index in [2.05, 4.69) is 11.8 Å². The Morgan fingerprint density at radius 3 is 2.58 bits per heavy atom. The van der Waals surface area contributed by atoms with Gasteiger partial charge in [-0.05, 0) is 17.7 Å². The van der Waals surface area contributed by atoms with E-state index in [1.165, 1.54) is 18.2 Å². The highest BCUT2D eigenvalue weighted by atomic mass is 19.1. The summed E-state index contributed by atoms with van der Waals surface area (Å²) in [5, 5.41) is 8.67. The van der Waals surface area contributed by atoms with Gasteiger partial charge in [0.25, 0.3) is 0 Å². The maximum atomic E-state index is 13.2. The summed E-state index contributed by atoms with van der Waals surface area (Å²) in [5.74, 6) is 4.14. The first-order chi connectivity index (χ1) is 9.11. The van der Waals surface area contributed by atoms with Crippen LogP contribution in [0.15, 0.2) is 18.2 Å². The SMILES string of the molecule is O=C1CCC(=O)N1Cc1ccc(F)cc1C#CCO. The van der Waals surface area contributed by atoms with Gasteiger partial charge >= 0.3 is 0 Å². The van der Waals surface area contributed by atoms with E-state index in [-0.39, 0.29) is 37.8 Å². The maximum Gasteiger partial charge on any atom is 0.229 e. The topological polar surface area (TPSA) is 57.6 Å². The largest absolute Gasteiger partial charge is 0.384 e. The number of rotatable bonds is 2. The Kier molecular flexibility index (Phi) is 3.93. The highest BCUT2D eigenvalue weighted by Gasteiger charge is 2.29. The number of aliphatic hydroxyl groups excluding tert-OH is 1. The molecule has 1 fully saturated rings. The van der Waals surface area contributed by atoms with Crippen LogP contribution in [-0.2, 0) is 16.1 Å². The quantitative estimate of drug-likeness (QED) is 0.633. The number of likely N-dealkylation sites (tertiary alicyclic amines) is 1. The molecule has 5 heteroatoms. The number of carbonyl (C=O) groups excluding carboxylic acids is 2. The number of benzene rings is 1. The van der Waals surface area contributed by atoms with Crippen molar-refractivity contribution in [3.63, 3.8) is 0 Å². The molecule has 19 heavy (non-hydrogen) atoms. The minimum absolute atomic E-state index is 0.0907. The van der Waals surface area contributed by atoms with E-state index in [1.54, 1.807) is 0 Å². The zero-order valence-corrected chi connectivity index (χ0v) is 10.1. The molecule has 0 bridgehead atoms. The molecule has 2 amide bonds. The molecule has 0 radical (unpaired) electrons. The van der Waals surface area contributed by atoms with Gasteiger partial charge in [-0.1, -0.05) is 17.9 Å². The normalized spacial score (nSPS) is 14.5. The van der Waals surface area contributed by atoms with E-state index in [1.807, 2.05) is 0 Å². The highest BCUT2D eigenvalue weighted by molar-refractivity contribution is 6.01. The van der Waals surface area contributed by atoms with Crippen LogP contribution in [0.2, 0.25) is 0 Å². The van der Waals surface area contributed by atoms with Crippen molar-refractivity contribution in [3.8, 4) is 11.8 Å². The van der Waals surface area contributed by atoms with Gasteiger partial charge in [-0.3, -0.25) is 14.5 Å². The smallest absolute Gasteiger partial charge is 0.229 e. The molecule has 0 saturated carbocycles. The standard InChI is InChI=1S/C14H12FNO3/c15-12-4-3-11(10(8-12)2-1-7-17)9-16-13(18)5-6-14(16)19/h3-4,8,17H,5-7,9H2. The van der Waals surface area contributed by atoms with E-state index in [9.17, 15) is 14.0 Å². The molecule has 0 spiro atoms. The number of hydrogen-bond acceptors (Lipinski definition) is 3. The zero-order chi connectivity index (χ0) is 13.8. The van der Waals surface area contributed by atoms with Crippen molar-refractivity contribution in [1.29, 1.82) is 0 Å². The minimum atomic E-state index is -0.454. The van der Waals surface area contributed by atoms with Crippen LogP contribution in [0, 0.1) is 17.7 Å². The number of amides is 2. The zero-order valence-electron chi connectivity index (χ0n) is 10.1. The fourth-order valence-electron chi connectivity index (χ4n) is 1.91. The van der Waals surface area contributed by atoms with Crippen LogP contribution in [0.3, 0.4) is 0 Å². The molecule has 1 aliphatic rings. The molecule has 1 aromatic rings. The maximum absolute atomic E-state index is 13.2. The van der Waals surface area contributed by atoms with Crippen molar-refractivity contribution in [2.45, 2.75) is 19.4 Å². The average molecular weight is 261 g/mol. The lowest BCUT2D eigenvalue weighted by molar-refractivity contribution is -0.139. The molecule has 0 aromatic heterocycles. The summed E-state index contributed by atoms with van der Waals surface area (Å²) in [6.45, 7) is -0.245. The van der Waals surface area contributed by atoms with Crippen LogP contribution >= 0.6 is 0 Å². The molecule has 98 valence electrons. The molecule has 0 aliphatic carbocycles. The third-order valence-electron chi connectivity index (χ3n) is 2.86. The Morgan fingerprint density at radius 1 is 1.26 bits per heavy atom. The molecular formula is C14H12FNO3. The molecule has 1 aromatic carbocycles. The second kappa shape index (κ2) is 5.63. The molecule has 0 unspecified atom stereocenters. The van der Waals surface area contributed by atoms with Crippen molar-refractivity contribution in [3.05, 3.63) is 35.1 Å². The number of hydrogen-bond donors (Lipinski definition) is 1. The Balaban J connectivity index is 2.29. The molecule has 0 atom stereocenters.